The molecule has 0 heterocycles. The van der Waals surface area contributed by atoms with Gasteiger partial charge in [-0.1, -0.05) is 26.0 Å². The predicted octanol–water partition coefficient (Wildman–Crippen LogP) is 1.48. The smallest absolute Gasteiger partial charge is 0.322 e. The fourth-order valence-corrected chi connectivity index (χ4v) is 3.72. The maximum Gasteiger partial charge on any atom is 0.322 e. The predicted molar refractivity (Wildman–Crippen MR) is 66.5 cm³/mol. The second-order valence-electron chi connectivity index (χ2n) is 4.27. The molecule has 0 aromatic heterocycles. The number of para-hydroxylation sites is 1. The van der Waals surface area contributed by atoms with E-state index >= 15 is 0 Å². The highest BCUT2D eigenvalue weighted by Crippen LogP contribution is 2.29. The van der Waals surface area contributed by atoms with Gasteiger partial charge < -0.3 is 5.11 Å². The van der Waals surface area contributed by atoms with Crippen molar-refractivity contribution in [2.75, 3.05) is 0 Å². The van der Waals surface area contributed by atoms with Crippen LogP contribution in [-0.4, -0.2) is 29.7 Å². The van der Waals surface area contributed by atoms with Crippen LogP contribution in [-0.2, 0) is 14.6 Å². The van der Waals surface area contributed by atoms with E-state index in [2.05, 4.69) is 0 Å². The third kappa shape index (κ3) is 2.90. The van der Waals surface area contributed by atoms with Gasteiger partial charge in [-0.15, -0.1) is 0 Å². The van der Waals surface area contributed by atoms with Crippen LogP contribution in [0.2, 0.25) is 0 Å². The standard InChI is InChI=1S/C11H13NO6S/c1-7(2)10(11(13)14)19(17,18)9-6-4-3-5-8(9)12(15)16/h3-7,10H,1-2H3,(H,13,14). The molecule has 0 saturated heterocycles. The lowest BCUT2D eigenvalue weighted by molar-refractivity contribution is -0.387. The Balaban J connectivity index is 3.51. The maximum absolute atomic E-state index is 12.3. The van der Waals surface area contributed by atoms with Crippen molar-refractivity contribution in [1.82, 2.24) is 0 Å². The Morgan fingerprint density at radius 1 is 1.32 bits per heavy atom. The van der Waals surface area contributed by atoms with E-state index in [1.54, 1.807) is 0 Å². The van der Waals surface area contributed by atoms with Crippen molar-refractivity contribution in [3.63, 3.8) is 0 Å². The molecule has 0 saturated carbocycles. The van der Waals surface area contributed by atoms with E-state index in [9.17, 15) is 23.3 Å². The Labute approximate surface area is 109 Å². The maximum atomic E-state index is 12.3. The molecule has 1 rings (SSSR count). The molecule has 8 heteroatoms. The lowest BCUT2D eigenvalue weighted by atomic mass is 10.1. The minimum Gasteiger partial charge on any atom is -0.480 e. The van der Waals surface area contributed by atoms with Crippen LogP contribution in [0.5, 0.6) is 0 Å². The molecular formula is C11H13NO6S. The Bertz CT molecular complexity index is 607. The molecule has 1 atom stereocenters. The minimum atomic E-state index is -4.32. The molecule has 7 nitrogen and oxygen atoms in total. The van der Waals surface area contributed by atoms with Gasteiger partial charge in [-0.2, -0.15) is 0 Å². The summed E-state index contributed by atoms with van der Waals surface area (Å²) in [6.07, 6.45) is 0. The topological polar surface area (TPSA) is 115 Å². The Morgan fingerprint density at radius 2 is 1.84 bits per heavy atom. The first-order valence-corrected chi connectivity index (χ1v) is 6.94. The molecule has 0 aliphatic carbocycles. The molecule has 1 aromatic rings. The lowest BCUT2D eigenvalue weighted by Crippen LogP contribution is -2.35. The fourth-order valence-electron chi connectivity index (χ4n) is 1.76. The molecular weight excluding hydrogens is 274 g/mol. The first kappa shape index (κ1) is 15.1. The molecule has 1 unspecified atom stereocenters. The zero-order valence-corrected chi connectivity index (χ0v) is 11.1. The third-order valence-corrected chi connectivity index (χ3v) is 4.92. The highest BCUT2D eigenvalue weighted by atomic mass is 32.2. The summed E-state index contributed by atoms with van der Waals surface area (Å²) in [5, 5.41) is 18.1. The van der Waals surface area contributed by atoms with E-state index in [1.165, 1.54) is 26.0 Å². The van der Waals surface area contributed by atoms with E-state index in [1.807, 2.05) is 0 Å². The van der Waals surface area contributed by atoms with Gasteiger partial charge in [0.05, 0.1) is 4.92 Å². The number of nitro benzene ring substituents is 1. The summed E-state index contributed by atoms with van der Waals surface area (Å²) in [5.74, 6) is -2.23. The molecule has 0 fully saturated rings. The van der Waals surface area contributed by atoms with Crippen molar-refractivity contribution in [1.29, 1.82) is 0 Å². The number of nitrogens with zero attached hydrogens (tertiary/aromatic N) is 1. The van der Waals surface area contributed by atoms with Crippen molar-refractivity contribution >= 4 is 21.5 Å². The van der Waals surface area contributed by atoms with Crippen LogP contribution >= 0.6 is 0 Å². The summed E-state index contributed by atoms with van der Waals surface area (Å²) in [7, 11) is -4.32. The zero-order valence-electron chi connectivity index (χ0n) is 10.3. The van der Waals surface area contributed by atoms with Crippen molar-refractivity contribution < 1.29 is 23.2 Å². The number of nitro groups is 1. The van der Waals surface area contributed by atoms with Gasteiger partial charge in [-0.3, -0.25) is 14.9 Å². The minimum absolute atomic E-state index is 0.568. The van der Waals surface area contributed by atoms with Crippen molar-refractivity contribution in [2.45, 2.75) is 24.0 Å². The van der Waals surface area contributed by atoms with Gasteiger partial charge in [0.2, 0.25) is 0 Å². The van der Waals surface area contributed by atoms with Gasteiger partial charge in [0, 0.05) is 6.07 Å². The normalized spacial score (nSPS) is 13.2. The summed E-state index contributed by atoms with van der Waals surface area (Å²) < 4.78 is 24.5. The first-order chi connectivity index (χ1) is 8.69. The number of carboxylic acid groups (broad SMARTS) is 1. The molecule has 0 aliphatic heterocycles. The zero-order chi connectivity index (χ0) is 14.8. The summed E-state index contributed by atoms with van der Waals surface area (Å²) in [6.45, 7) is 2.87. The summed E-state index contributed by atoms with van der Waals surface area (Å²) in [4.78, 5) is 20.5. The molecule has 0 aliphatic rings. The molecule has 0 amide bonds. The van der Waals surface area contributed by atoms with Crippen molar-refractivity contribution in [3.8, 4) is 0 Å². The second kappa shape index (κ2) is 5.35. The number of carboxylic acids is 1. The molecule has 1 N–H and O–H groups in total. The largest absolute Gasteiger partial charge is 0.480 e. The molecule has 0 bridgehead atoms. The van der Waals surface area contributed by atoms with Gasteiger partial charge in [0.25, 0.3) is 5.69 Å². The number of hydrogen-bond donors (Lipinski definition) is 1. The van der Waals surface area contributed by atoms with Crippen molar-refractivity contribution in [3.05, 3.63) is 34.4 Å². The Morgan fingerprint density at radius 3 is 2.26 bits per heavy atom. The SMILES string of the molecule is CC(C)C(C(=O)O)S(=O)(=O)c1ccccc1[N+](=O)[O-]. The summed E-state index contributed by atoms with van der Waals surface area (Å²) in [5.41, 5.74) is -0.616. The number of benzene rings is 1. The Hall–Kier alpha value is -1.96. The molecule has 104 valence electrons. The van der Waals surface area contributed by atoms with Crippen LogP contribution in [0.1, 0.15) is 13.8 Å². The van der Waals surface area contributed by atoms with Gasteiger partial charge in [-0.25, -0.2) is 8.42 Å². The average Bonchev–Trinajstić information content (AvgIpc) is 2.27. The van der Waals surface area contributed by atoms with E-state index in [-0.39, 0.29) is 0 Å². The van der Waals surface area contributed by atoms with Gasteiger partial charge in [0.1, 0.15) is 4.90 Å². The molecule has 19 heavy (non-hydrogen) atoms. The number of carbonyl (C=O) groups is 1. The molecule has 1 aromatic carbocycles. The monoisotopic (exact) mass is 287 g/mol. The fraction of sp³-hybridized carbons (Fsp3) is 0.364. The van der Waals surface area contributed by atoms with E-state index in [0.717, 1.165) is 12.1 Å². The number of sulfone groups is 1. The van der Waals surface area contributed by atoms with Crippen LogP contribution < -0.4 is 0 Å². The van der Waals surface area contributed by atoms with Crippen LogP contribution in [0.3, 0.4) is 0 Å². The lowest BCUT2D eigenvalue weighted by Gasteiger charge is -2.16. The van der Waals surface area contributed by atoms with Crippen LogP contribution in [0, 0.1) is 16.0 Å². The van der Waals surface area contributed by atoms with E-state index in [0.29, 0.717) is 0 Å². The van der Waals surface area contributed by atoms with Gasteiger partial charge in [0.15, 0.2) is 15.1 Å². The highest BCUT2D eigenvalue weighted by Gasteiger charge is 2.40. The molecule has 0 radical (unpaired) electrons. The average molecular weight is 287 g/mol. The van der Waals surface area contributed by atoms with E-state index in [4.69, 9.17) is 5.11 Å². The number of hydrogen-bond acceptors (Lipinski definition) is 5. The highest BCUT2D eigenvalue weighted by molar-refractivity contribution is 7.93. The first-order valence-electron chi connectivity index (χ1n) is 5.39. The number of aliphatic carboxylic acids is 1. The molecule has 0 spiro atoms. The van der Waals surface area contributed by atoms with Gasteiger partial charge in [-0.05, 0) is 12.0 Å². The van der Waals surface area contributed by atoms with Crippen LogP contribution in [0.4, 0.5) is 5.69 Å². The van der Waals surface area contributed by atoms with Crippen molar-refractivity contribution in [2.24, 2.45) is 5.92 Å². The quantitative estimate of drug-likeness (QED) is 0.648. The van der Waals surface area contributed by atoms with Gasteiger partial charge >= 0.3 is 5.97 Å². The van der Waals surface area contributed by atoms with Crippen LogP contribution in [0.25, 0.3) is 0 Å². The van der Waals surface area contributed by atoms with Crippen LogP contribution in [0.15, 0.2) is 29.2 Å². The van der Waals surface area contributed by atoms with E-state index < -0.39 is 42.5 Å². The summed E-state index contributed by atoms with van der Waals surface area (Å²) >= 11 is 0. The number of rotatable bonds is 5. The third-order valence-electron chi connectivity index (χ3n) is 2.55. The summed E-state index contributed by atoms with van der Waals surface area (Å²) in [6, 6.07) is 4.72. The Kier molecular flexibility index (Phi) is 4.25. The second-order valence-corrected chi connectivity index (χ2v) is 6.31.